The van der Waals surface area contributed by atoms with Gasteiger partial charge in [-0.25, -0.2) is 17.8 Å². The highest BCUT2D eigenvalue weighted by molar-refractivity contribution is 7.89. The molecule has 8 heteroatoms. The fourth-order valence-corrected chi connectivity index (χ4v) is 3.71. The highest BCUT2D eigenvalue weighted by Gasteiger charge is 2.37. The molecule has 1 aliphatic heterocycles. The number of halogens is 2. The summed E-state index contributed by atoms with van der Waals surface area (Å²) in [6.07, 6.45) is 0.861. The van der Waals surface area contributed by atoms with Gasteiger partial charge >= 0.3 is 0 Å². The molecule has 19 heavy (non-hydrogen) atoms. The van der Waals surface area contributed by atoms with Crippen molar-refractivity contribution >= 4 is 21.6 Å². The zero-order chi connectivity index (χ0) is 14.0. The minimum absolute atomic E-state index is 0.100. The van der Waals surface area contributed by atoms with E-state index in [1.165, 1.54) is 16.6 Å². The molecule has 1 aromatic heterocycles. The van der Waals surface area contributed by atoms with Crippen LogP contribution in [0.5, 0.6) is 0 Å². The number of hydrogen-bond donors (Lipinski definition) is 0. The molecule has 2 heterocycles. The molecular weight excluding hydrogens is 295 g/mol. The van der Waals surface area contributed by atoms with Gasteiger partial charge in [-0.3, -0.25) is 0 Å². The smallest absolute Gasteiger partial charge is 0.263 e. The topological polar surface area (TPSA) is 59.5 Å². The Labute approximate surface area is 116 Å². The van der Waals surface area contributed by atoms with Crippen LogP contribution in [0.3, 0.4) is 0 Å². The first-order valence-corrected chi connectivity index (χ1v) is 7.74. The monoisotopic (exact) mass is 308 g/mol. The maximum atomic E-state index is 13.6. The van der Waals surface area contributed by atoms with Crippen LogP contribution in [0.25, 0.3) is 0 Å². The molecule has 0 aromatic carbocycles. The van der Waals surface area contributed by atoms with Crippen LogP contribution in [-0.4, -0.2) is 48.9 Å². The zero-order valence-electron chi connectivity index (χ0n) is 10.3. The van der Waals surface area contributed by atoms with E-state index >= 15 is 0 Å². The van der Waals surface area contributed by atoms with Gasteiger partial charge in [-0.05, 0) is 19.1 Å². The van der Waals surface area contributed by atoms with Crippen LogP contribution in [0.15, 0.2) is 23.4 Å². The van der Waals surface area contributed by atoms with Crippen LogP contribution in [0.2, 0.25) is 0 Å². The van der Waals surface area contributed by atoms with E-state index < -0.39 is 20.9 Å². The van der Waals surface area contributed by atoms with Crippen LogP contribution in [0.4, 0.5) is 4.39 Å². The normalized spacial score (nSPS) is 25.4. The first-order chi connectivity index (χ1) is 8.96. The molecular formula is C11H14ClFN2O3S. The van der Waals surface area contributed by atoms with Gasteiger partial charge in [0, 0.05) is 24.7 Å². The molecule has 1 aliphatic rings. The van der Waals surface area contributed by atoms with Crippen LogP contribution in [-0.2, 0) is 14.8 Å². The van der Waals surface area contributed by atoms with Crippen LogP contribution >= 0.6 is 11.6 Å². The summed E-state index contributed by atoms with van der Waals surface area (Å²) in [6.45, 7) is 2.02. The first-order valence-electron chi connectivity index (χ1n) is 5.76. The summed E-state index contributed by atoms with van der Waals surface area (Å²) in [7, 11) is -3.98. The summed E-state index contributed by atoms with van der Waals surface area (Å²) in [5.41, 5.74) is 0. The Hall–Kier alpha value is -0.760. The van der Waals surface area contributed by atoms with Crippen molar-refractivity contribution in [2.75, 3.05) is 19.0 Å². The highest BCUT2D eigenvalue weighted by atomic mass is 35.5. The average molecular weight is 309 g/mol. The van der Waals surface area contributed by atoms with Gasteiger partial charge in [0.1, 0.15) is 0 Å². The number of sulfonamides is 1. The molecule has 106 valence electrons. The Kier molecular flexibility index (Phi) is 4.39. The molecule has 1 fully saturated rings. The molecule has 0 radical (unpaired) electrons. The molecule has 0 saturated carbocycles. The van der Waals surface area contributed by atoms with Crippen molar-refractivity contribution in [1.29, 1.82) is 0 Å². The summed E-state index contributed by atoms with van der Waals surface area (Å²) >= 11 is 5.68. The SMILES string of the molecule is CC1COC(CCl)CN1S(=O)(=O)c1ncccc1F. The molecule has 2 rings (SSSR count). The number of morpholine rings is 1. The van der Waals surface area contributed by atoms with Gasteiger partial charge in [-0.15, -0.1) is 11.6 Å². The highest BCUT2D eigenvalue weighted by Crippen LogP contribution is 2.23. The van der Waals surface area contributed by atoms with Gasteiger partial charge < -0.3 is 4.74 Å². The third-order valence-electron chi connectivity index (χ3n) is 2.90. The van der Waals surface area contributed by atoms with E-state index in [0.29, 0.717) is 0 Å². The lowest BCUT2D eigenvalue weighted by molar-refractivity contribution is -0.0153. The van der Waals surface area contributed by atoms with E-state index in [1.54, 1.807) is 6.92 Å². The summed E-state index contributed by atoms with van der Waals surface area (Å²) in [5, 5.41) is -0.558. The lowest BCUT2D eigenvalue weighted by Crippen LogP contribution is -2.51. The van der Waals surface area contributed by atoms with Gasteiger partial charge in [0.05, 0.1) is 12.7 Å². The lowest BCUT2D eigenvalue weighted by atomic mass is 10.2. The van der Waals surface area contributed by atoms with E-state index in [1.807, 2.05) is 0 Å². The minimum Gasteiger partial charge on any atom is -0.374 e. The van der Waals surface area contributed by atoms with Crippen molar-refractivity contribution in [1.82, 2.24) is 9.29 Å². The summed E-state index contributed by atoms with van der Waals surface area (Å²) in [6, 6.07) is 2.04. The molecule has 2 unspecified atom stereocenters. The minimum atomic E-state index is -3.98. The largest absolute Gasteiger partial charge is 0.374 e. The van der Waals surface area contributed by atoms with E-state index in [9.17, 15) is 12.8 Å². The molecule has 0 N–H and O–H groups in total. The molecule has 0 aliphatic carbocycles. The average Bonchev–Trinajstić information content (AvgIpc) is 2.39. The lowest BCUT2D eigenvalue weighted by Gasteiger charge is -2.36. The van der Waals surface area contributed by atoms with E-state index in [4.69, 9.17) is 16.3 Å². The molecule has 5 nitrogen and oxygen atoms in total. The van der Waals surface area contributed by atoms with Crippen LogP contribution < -0.4 is 0 Å². The second-order valence-electron chi connectivity index (χ2n) is 4.32. The zero-order valence-corrected chi connectivity index (χ0v) is 11.9. The number of hydrogen-bond acceptors (Lipinski definition) is 4. The second kappa shape index (κ2) is 5.70. The number of ether oxygens (including phenoxy) is 1. The fraction of sp³-hybridized carbons (Fsp3) is 0.545. The first kappa shape index (κ1) is 14.6. The molecule has 1 saturated heterocycles. The number of alkyl halides is 1. The van der Waals surface area contributed by atoms with Crippen molar-refractivity contribution in [3.8, 4) is 0 Å². The molecule has 0 amide bonds. The van der Waals surface area contributed by atoms with Crippen molar-refractivity contribution in [3.63, 3.8) is 0 Å². The van der Waals surface area contributed by atoms with Gasteiger partial charge in [0.15, 0.2) is 5.82 Å². The molecule has 1 aromatic rings. The fourth-order valence-electron chi connectivity index (χ4n) is 1.89. The number of rotatable bonds is 3. The van der Waals surface area contributed by atoms with E-state index in [0.717, 1.165) is 6.07 Å². The van der Waals surface area contributed by atoms with Crippen molar-refractivity contribution in [2.24, 2.45) is 0 Å². The van der Waals surface area contributed by atoms with Gasteiger partial charge in [-0.2, -0.15) is 4.31 Å². The van der Waals surface area contributed by atoms with Crippen LogP contribution in [0, 0.1) is 5.82 Å². The Morgan fingerprint density at radius 2 is 2.37 bits per heavy atom. The Balaban J connectivity index is 2.36. The second-order valence-corrected chi connectivity index (χ2v) is 6.44. The third kappa shape index (κ3) is 2.89. The number of nitrogens with zero attached hydrogens (tertiary/aromatic N) is 2. The predicted octanol–water partition coefficient (Wildman–Crippen LogP) is 1.24. The van der Waals surface area contributed by atoms with Gasteiger partial charge in [0.25, 0.3) is 10.0 Å². The van der Waals surface area contributed by atoms with E-state index in [-0.39, 0.29) is 31.2 Å². The van der Waals surface area contributed by atoms with Crippen molar-refractivity contribution < 1.29 is 17.5 Å². The van der Waals surface area contributed by atoms with Crippen LogP contribution in [0.1, 0.15) is 6.92 Å². The number of aromatic nitrogens is 1. The van der Waals surface area contributed by atoms with E-state index in [2.05, 4.69) is 4.98 Å². The van der Waals surface area contributed by atoms with Crippen molar-refractivity contribution in [2.45, 2.75) is 24.1 Å². The number of pyridine rings is 1. The maximum Gasteiger partial charge on any atom is 0.263 e. The third-order valence-corrected chi connectivity index (χ3v) is 5.16. The van der Waals surface area contributed by atoms with Crippen molar-refractivity contribution in [3.05, 3.63) is 24.1 Å². The Morgan fingerprint density at radius 3 is 3.00 bits per heavy atom. The quantitative estimate of drug-likeness (QED) is 0.788. The van der Waals surface area contributed by atoms with Gasteiger partial charge in [0.2, 0.25) is 5.03 Å². The Morgan fingerprint density at radius 1 is 1.63 bits per heavy atom. The predicted molar refractivity (Wildman–Crippen MR) is 68.0 cm³/mol. The maximum absolute atomic E-state index is 13.6. The summed E-state index contributed by atoms with van der Waals surface area (Å²) < 4.78 is 45.0. The summed E-state index contributed by atoms with van der Waals surface area (Å²) in [4.78, 5) is 3.63. The van der Waals surface area contributed by atoms with Gasteiger partial charge in [-0.1, -0.05) is 0 Å². The molecule has 0 bridgehead atoms. The molecule has 2 atom stereocenters. The Bertz CT molecular complexity index is 555. The standard InChI is InChI=1S/C11H14ClFN2O3S/c1-8-7-18-9(5-12)6-15(8)19(16,17)11-10(13)3-2-4-14-11/h2-4,8-9H,5-7H2,1H3. The molecule has 0 spiro atoms. The summed E-state index contributed by atoms with van der Waals surface area (Å²) in [5.74, 6) is -0.674.